The topological polar surface area (TPSA) is 52.5 Å². The molecule has 1 N–H and O–H groups in total. The number of nitrogens with zero attached hydrogens (tertiary/aromatic N) is 1. The third-order valence-corrected chi connectivity index (χ3v) is 2.62. The normalized spacial score (nSPS) is 10.7. The van der Waals surface area contributed by atoms with E-state index in [0.29, 0.717) is 13.0 Å². The maximum absolute atomic E-state index is 11.4. The highest BCUT2D eigenvalue weighted by Gasteiger charge is 2.04. The van der Waals surface area contributed by atoms with E-state index in [4.69, 9.17) is 4.84 Å². The predicted molar refractivity (Wildman–Crippen MR) is 67.7 cm³/mol. The summed E-state index contributed by atoms with van der Waals surface area (Å²) in [6.07, 6.45) is 2.34. The summed E-state index contributed by atoms with van der Waals surface area (Å²) in [6, 6.07) is 10.1. The van der Waals surface area contributed by atoms with E-state index in [0.717, 1.165) is 5.52 Å². The van der Waals surface area contributed by atoms with Crippen molar-refractivity contribution in [2.75, 3.05) is 13.9 Å². The van der Waals surface area contributed by atoms with Crippen LogP contribution in [0.5, 0.6) is 0 Å². The van der Waals surface area contributed by atoms with Crippen molar-refractivity contribution in [2.45, 2.75) is 13.0 Å². The fourth-order valence-electron chi connectivity index (χ4n) is 1.78. The van der Waals surface area contributed by atoms with Gasteiger partial charge in [0.2, 0.25) is 5.91 Å². The van der Waals surface area contributed by atoms with Crippen LogP contribution in [0.15, 0.2) is 36.5 Å². The number of aromatic nitrogens is 1. The SMILES string of the molecule is COCONC(=O)CCn1ccc2ccccc21. The minimum Gasteiger partial charge on any atom is -0.356 e. The first kappa shape index (κ1) is 12.6. The van der Waals surface area contributed by atoms with Gasteiger partial charge in [0.1, 0.15) is 0 Å². The minimum atomic E-state index is -0.162. The van der Waals surface area contributed by atoms with E-state index in [1.54, 1.807) is 0 Å². The third kappa shape index (κ3) is 3.09. The molecule has 0 saturated carbocycles. The lowest BCUT2D eigenvalue weighted by atomic mass is 10.2. The molecule has 2 rings (SSSR count). The zero-order valence-corrected chi connectivity index (χ0v) is 10.3. The average molecular weight is 248 g/mol. The van der Waals surface area contributed by atoms with E-state index < -0.39 is 0 Å². The van der Waals surface area contributed by atoms with Crippen molar-refractivity contribution in [1.29, 1.82) is 0 Å². The number of benzene rings is 1. The Balaban J connectivity index is 1.88. The Morgan fingerprint density at radius 1 is 1.33 bits per heavy atom. The van der Waals surface area contributed by atoms with Crippen LogP contribution in [-0.2, 0) is 20.9 Å². The molecule has 0 unspecified atom stereocenters. The van der Waals surface area contributed by atoms with Crippen molar-refractivity contribution >= 4 is 16.8 Å². The molecule has 18 heavy (non-hydrogen) atoms. The van der Waals surface area contributed by atoms with Gasteiger partial charge in [0.15, 0.2) is 6.79 Å². The number of para-hydroxylation sites is 1. The van der Waals surface area contributed by atoms with Crippen LogP contribution in [0, 0.1) is 0 Å². The van der Waals surface area contributed by atoms with Crippen molar-refractivity contribution in [3.05, 3.63) is 36.5 Å². The second-order valence-corrected chi connectivity index (χ2v) is 3.89. The van der Waals surface area contributed by atoms with Crippen molar-refractivity contribution < 1.29 is 14.4 Å². The van der Waals surface area contributed by atoms with E-state index in [-0.39, 0.29) is 12.7 Å². The largest absolute Gasteiger partial charge is 0.356 e. The third-order valence-electron chi connectivity index (χ3n) is 2.62. The summed E-state index contributed by atoms with van der Waals surface area (Å²) >= 11 is 0. The standard InChI is InChI=1S/C13H16N2O3/c1-17-10-18-14-13(16)7-9-15-8-6-11-4-2-3-5-12(11)15/h2-6,8H,7,9-10H2,1H3,(H,14,16). The smallest absolute Gasteiger partial charge is 0.245 e. The van der Waals surface area contributed by atoms with E-state index in [2.05, 4.69) is 10.2 Å². The Morgan fingerprint density at radius 2 is 2.17 bits per heavy atom. The molecule has 96 valence electrons. The van der Waals surface area contributed by atoms with E-state index >= 15 is 0 Å². The van der Waals surface area contributed by atoms with Gasteiger partial charge in [0.25, 0.3) is 0 Å². The van der Waals surface area contributed by atoms with Crippen molar-refractivity contribution in [2.24, 2.45) is 0 Å². The Labute approximate surface area is 105 Å². The molecule has 0 fully saturated rings. The average Bonchev–Trinajstić information content (AvgIpc) is 2.80. The van der Waals surface area contributed by atoms with Crippen LogP contribution >= 0.6 is 0 Å². The molecule has 0 radical (unpaired) electrons. The zero-order valence-electron chi connectivity index (χ0n) is 10.3. The molecule has 1 aromatic carbocycles. The summed E-state index contributed by atoms with van der Waals surface area (Å²) in [5.74, 6) is -0.162. The minimum absolute atomic E-state index is 0.0538. The number of carbonyl (C=O) groups excluding carboxylic acids is 1. The molecule has 1 heterocycles. The number of hydrogen-bond donors (Lipinski definition) is 1. The number of amides is 1. The molecular formula is C13H16N2O3. The van der Waals surface area contributed by atoms with Gasteiger partial charge in [-0.1, -0.05) is 18.2 Å². The molecule has 0 aliphatic rings. The Hall–Kier alpha value is -1.85. The lowest BCUT2D eigenvalue weighted by molar-refractivity contribution is -0.144. The number of aryl methyl sites for hydroxylation is 1. The highest BCUT2D eigenvalue weighted by Crippen LogP contribution is 2.15. The molecule has 0 atom stereocenters. The summed E-state index contributed by atoms with van der Waals surface area (Å²) in [5, 5.41) is 1.17. The maximum Gasteiger partial charge on any atom is 0.245 e. The molecule has 0 aliphatic heterocycles. The molecule has 2 aromatic rings. The molecule has 5 nitrogen and oxygen atoms in total. The first-order valence-corrected chi connectivity index (χ1v) is 5.74. The quantitative estimate of drug-likeness (QED) is 0.481. The maximum atomic E-state index is 11.4. The van der Waals surface area contributed by atoms with Gasteiger partial charge in [-0.15, -0.1) is 0 Å². The van der Waals surface area contributed by atoms with Crippen molar-refractivity contribution in [3.63, 3.8) is 0 Å². The molecule has 0 spiro atoms. The number of fused-ring (bicyclic) bond motifs is 1. The fourth-order valence-corrected chi connectivity index (χ4v) is 1.78. The lowest BCUT2D eigenvalue weighted by Crippen LogP contribution is -2.25. The van der Waals surface area contributed by atoms with Gasteiger partial charge >= 0.3 is 0 Å². The van der Waals surface area contributed by atoms with Gasteiger partial charge < -0.3 is 9.30 Å². The Morgan fingerprint density at radius 3 is 3.00 bits per heavy atom. The number of rotatable bonds is 6. The number of methoxy groups -OCH3 is 1. The Kier molecular flexibility index (Phi) is 4.33. The first-order chi connectivity index (χ1) is 8.81. The number of hydroxylamine groups is 1. The molecule has 5 heteroatoms. The predicted octanol–water partition coefficient (Wildman–Crippen LogP) is 1.68. The van der Waals surface area contributed by atoms with Gasteiger partial charge in [-0.3, -0.25) is 4.79 Å². The fraction of sp³-hybridized carbons (Fsp3) is 0.308. The monoisotopic (exact) mass is 248 g/mol. The van der Waals surface area contributed by atoms with Crippen molar-refractivity contribution in [3.8, 4) is 0 Å². The van der Waals surface area contributed by atoms with Gasteiger partial charge in [0.05, 0.1) is 0 Å². The van der Waals surface area contributed by atoms with Crippen LogP contribution in [0.4, 0.5) is 0 Å². The van der Waals surface area contributed by atoms with Gasteiger partial charge in [0, 0.05) is 31.8 Å². The highest BCUT2D eigenvalue weighted by molar-refractivity contribution is 5.80. The van der Waals surface area contributed by atoms with E-state index in [1.165, 1.54) is 12.5 Å². The molecular weight excluding hydrogens is 232 g/mol. The zero-order chi connectivity index (χ0) is 12.8. The van der Waals surface area contributed by atoms with E-state index in [9.17, 15) is 4.79 Å². The van der Waals surface area contributed by atoms with Crippen LogP contribution < -0.4 is 5.48 Å². The highest BCUT2D eigenvalue weighted by atomic mass is 16.8. The van der Waals surface area contributed by atoms with Crippen LogP contribution in [0.2, 0.25) is 0 Å². The summed E-state index contributed by atoms with van der Waals surface area (Å²) in [4.78, 5) is 16.2. The second-order valence-electron chi connectivity index (χ2n) is 3.89. The molecule has 0 aliphatic carbocycles. The molecule has 0 bridgehead atoms. The van der Waals surface area contributed by atoms with Gasteiger partial charge in [-0.25, -0.2) is 10.3 Å². The summed E-state index contributed by atoms with van der Waals surface area (Å²) < 4.78 is 6.70. The summed E-state index contributed by atoms with van der Waals surface area (Å²) in [6.45, 7) is 0.674. The number of ether oxygens (including phenoxy) is 1. The summed E-state index contributed by atoms with van der Waals surface area (Å²) in [5.41, 5.74) is 3.44. The first-order valence-electron chi connectivity index (χ1n) is 5.74. The van der Waals surface area contributed by atoms with Gasteiger partial charge in [-0.2, -0.15) is 0 Å². The Bertz CT molecular complexity index is 522. The molecule has 1 amide bonds. The van der Waals surface area contributed by atoms with Crippen LogP contribution in [0.1, 0.15) is 6.42 Å². The van der Waals surface area contributed by atoms with Gasteiger partial charge in [-0.05, 0) is 17.5 Å². The number of hydrogen-bond acceptors (Lipinski definition) is 3. The van der Waals surface area contributed by atoms with Crippen LogP contribution in [-0.4, -0.2) is 24.4 Å². The number of carbonyl (C=O) groups is 1. The molecule has 1 aromatic heterocycles. The van der Waals surface area contributed by atoms with Crippen molar-refractivity contribution in [1.82, 2.24) is 10.0 Å². The lowest BCUT2D eigenvalue weighted by Gasteiger charge is -2.06. The van der Waals surface area contributed by atoms with Crippen LogP contribution in [0.25, 0.3) is 10.9 Å². The van der Waals surface area contributed by atoms with E-state index in [1.807, 2.05) is 41.1 Å². The summed E-state index contributed by atoms with van der Waals surface area (Å²) in [7, 11) is 1.50. The van der Waals surface area contributed by atoms with Crippen LogP contribution in [0.3, 0.4) is 0 Å². The number of nitrogens with one attached hydrogen (secondary N) is 1. The molecule has 0 saturated heterocycles. The second kappa shape index (κ2) is 6.18.